The molecule has 0 saturated carbocycles. The summed E-state index contributed by atoms with van der Waals surface area (Å²) in [7, 11) is 0. The van der Waals surface area contributed by atoms with E-state index < -0.39 is 0 Å². The van der Waals surface area contributed by atoms with Crippen molar-refractivity contribution in [2.24, 2.45) is 5.92 Å². The van der Waals surface area contributed by atoms with Gasteiger partial charge in [-0.1, -0.05) is 12.1 Å². The molecule has 1 aromatic rings. The molecule has 0 aromatic heterocycles. The number of ether oxygens (including phenoxy) is 1. The molecule has 2 aliphatic heterocycles. The Labute approximate surface area is 175 Å². The van der Waals surface area contributed by atoms with E-state index in [2.05, 4.69) is 10.6 Å². The number of carbonyl (C=O) groups is 4. The number of urea groups is 1. The van der Waals surface area contributed by atoms with Gasteiger partial charge in [-0.2, -0.15) is 0 Å². The summed E-state index contributed by atoms with van der Waals surface area (Å²) in [6, 6.07) is 6.76. The zero-order chi connectivity index (χ0) is 21.5. The van der Waals surface area contributed by atoms with Crippen LogP contribution in [0.2, 0.25) is 0 Å². The average Bonchev–Trinajstić information content (AvgIpc) is 2.76. The van der Waals surface area contributed by atoms with Crippen LogP contribution in [0.5, 0.6) is 0 Å². The smallest absolute Gasteiger partial charge is 0.322 e. The highest BCUT2D eigenvalue weighted by Gasteiger charge is 2.28. The molecule has 2 N–H and O–H groups in total. The molecule has 0 spiro atoms. The van der Waals surface area contributed by atoms with E-state index in [4.69, 9.17) is 4.74 Å². The van der Waals surface area contributed by atoms with Crippen molar-refractivity contribution < 1.29 is 23.9 Å². The largest absolute Gasteiger partial charge is 0.466 e. The normalized spacial score (nSPS) is 16.5. The van der Waals surface area contributed by atoms with Crippen LogP contribution in [0, 0.1) is 5.92 Å². The van der Waals surface area contributed by atoms with Crippen LogP contribution < -0.4 is 15.5 Å². The van der Waals surface area contributed by atoms with Crippen LogP contribution >= 0.6 is 0 Å². The zero-order valence-electron chi connectivity index (χ0n) is 17.2. The van der Waals surface area contributed by atoms with E-state index >= 15 is 0 Å². The van der Waals surface area contributed by atoms with Gasteiger partial charge in [-0.25, -0.2) is 4.79 Å². The average molecular weight is 416 g/mol. The third kappa shape index (κ3) is 5.28. The van der Waals surface area contributed by atoms with E-state index in [-0.39, 0.29) is 36.3 Å². The van der Waals surface area contributed by atoms with Crippen LogP contribution in [-0.2, 0) is 19.1 Å². The lowest BCUT2D eigenvalue weighted by Crippen LogP contribution is -2.47. The van der Waals surface area contributed by atoms with Gasteiger partial charge in [0, 0.05) is 26.1 Å². The van der Waals surface area contributed by atoms with Crippen LogP contribution in [0.3, 0.4) is 0 Å². The molecule has 0 radical (unpaired) electrons. The number of amides is 4. The number of piperidine rings is 1. The SMILES string of the molecule is CCOC(=O)C1CCN(C(=O)CCCNC(=O)N2CC(=O)Nc3ccccc32)CC1. The van der Waals surface area contributed by atoms with Crippen molar-refractivity contribution in [3.63, 3.8) is 0 Å². The van der Waals surface area contributed by atoms with Gasteiger partial charge in [0.15, 0.2) is 0 Å². The summed E-state index contributed by atoms with van der Waals surface area (Å²) in [5.41, 5.74) is 1.25. The van der Waals surface area contributed by atoms with E-state index in [9.17, 15) is 19.2 Å². The Bertz CT molecular complexity index is 804. The number of hydrogen-bond acceptors (Lipinski definition) is 5. The number of likely N-dealkylation sites (tertiary alicyclic amines) is 1. The first-order valence-corrected chi connectivity index (χ1v) is 10.4. The molecule has 0 atom stereocenters. The highest BCUT2D eigenvalue weighted by atomic mass is 16.5. The topological polar surface area (TPSA) is 108 Å². The highest BCUT2D eigenvalue weighted by molar-refractivity contribution is 6.09. The fourth-order valence-electron chi connectivity index (χ4n) is 3.73. The monoisotopic (exact) mass is 416 g/mol. The minimum absolute atomic E-state index is 0.0225. The molecule has 1 saturated heterocycles. The van der Waals surface area contributed by atoms with Crippen molar-refractivity contribution in [1.82, 2.24) is 10.2 Å². The first kappa shape index (κ1) is 21.6. The van der Waals surface area contributed by atoms with E-state index in [1.807, 2.05) is 0 Å². The molecule has 1 fully saturated rings. The zero-order valence-corrected chi connectivity index (χ0v) is 17.2. The number of nitrogens with zero attached hydrogens (tertiary/aromatic N) is 2. The highest BCUT2D eigenvalue weighted by Crippen LogP contribution is 2.28. The number of carbonyl (C=O) groups excluding carboxylic acids is 4. The lowest BCUT2D eigenvalue weighted by atomic mass is 9.97. The van der Waals surface area contributed by atoms with Gasteiger partial charge in [0.05, 0.1) is 23.9 Å². The maximum absolute atomic E-state index is 12.5. The fourth-order valence-corrected chi connectivity index (χ4v) is 3.73. The second kappa shape index (κ2) is 10.1. The van der Waals surface area contributed by atoms with Crippen molar-refractivity contribution in [3.8, 4) is 0 Å². The molecule has 0 aliphatic carbocycles. The standard InChI is InChI=1S/C21H28N4O5/c1-2-30-20(28)15-9-12-24(13-10-15)19(27)8-5-11-22-21(29)25-14-18(26)23-16-6-3-4-7-17(16)25/h3-4,6-7,15H,2,5,8-14H2,1H3,(H,22,29)(H,23,26). The Hall–Kier alpha value is -3.10. The molecule has 162 valence electrons. The lowest BCUT2D eigenvalue weighted by molar-refractivity contribution is -0.151. The van der Waals surface area contributed by atoms with Gasteiger partial charge in [-0.3, -0.25) is 19.3 Å². The number of hydrogen-bond donors (Lipinski definition) is 2. The third-order valence-corrected chi connectivity index (χ3v) is 5.33. The van der Waals surface area contributed by atoms with Crippen LogP contribution in [0.15, 0.2) is 24.3 Å². The first-order valence-electron chi connectivity index (χ1n) is 10.4. The lowest BCUT2D eigenvalue weighted by Gasteiger charge is -2.31. The first-order chi connectivity index (χ1) is 14.5. The number of fused-ring (bicyclic) bond motifs is 1. The van der Waals surface area contributed by atoms with Crippen LogP contribution in [0.25, 0.3) is 0 Å². The third-order valence-electron chi connectivity index (χ3n) is 5.33. The molecule has 30 heavy (non-hydrogen) atoms. The molecule has 4 amide bonds. The summed E-state index contributed by atoms with van der Waals surface area (Å²) < 4.78 is 5.05. The Morgan fingerprint density at radius 1 is 1.20 bits per heavy atom. The molecule has 2 aliphatic rings. The van der Waals surface area contributed by atoms with E-state index in [1.165, 1.54) is 4.90 Å². The molecule has 9 nitrogen and oxygen atoms in total. The van der Waals surface area contributed by atoms with Crippen molar-refractivity contribution in [2.45, 2.75) is 32.6 Å². The van der Waals surface area contributed by atoms with Gasteiger partial charge in [0.1, 0.15) is 6.54 Å². The minimum atomic E-state index is -0.361. The van der Waals surface area contributed by atoms with Crippen LogP contribution in [-0.4, -0.2) is 61.5 Å². The van der Waals surface area contributed by atoms with Crippen molar-refractivity contribution in [2.75, 3.05) is 43.0 Å². The number of esters is 1. The molecule has 3 rings (SSSR count). The second-order valence-electron chi connectivity index (χ2n) is 7.39. The number of nitrogens with one attached hydrogen (secondary N) is 2. The summed E-state index contributed by atoms with van der Waals surface area (Å²) in [5, 5.41) is 5.52. The molecule has 0 bridgehead atoms. The molecule has 0 unspecified atom stereocenters. The maximum Gasteiger partial charge on any atom is 0.322 e. The summed E-state index contributed by atoms with van der Waals surface area (Å²) >= 11 is 0. The summed E-state index contributed by atoms with van der Waals surface area (Å²) in [6.07, 6.45) is 2.07. The van der Waals surface area contributed by atoms with Crippen molar-refractivity contribution in [3.05, 3.63) is 24.3 Å². The summed E-state index contributed by atoms with van der Waals surface area (Å²) in [6.45, 7) is 3.55. The predicted octanol–water partition coefficient (Wildman–Crippen LogP) is 1.74. The number of benzene rings is 1. The minimum Gasteiger partial charge on any atom is -0.466 e. The maximum atomic E-state index is 12.5. The van der Waals surface area contributed by atoms with Crippen LogP contribution in [0.1, 0.15) is 32.6 Å². The molecular formula is C21H28N4O5. The van der Waals surface area contributed by atoms with Gasteiger partial charge in [0.25, 0.3) is 0 Å². The Balaban J connectivity index is 1.39. The Morgan fingerprint density at radius 3 is 2.67 bits per heavy atom. The van der Waals surface area contributed by atoms with Crippen molar-refractivity contribution >= 4 is 35.2 Å². The number of para-hydroxylation sites is 2. The summed E-state index contributed by atoms with van der Waals surface area (Å²) in [5.74, 6) is -0.530. The Kier molecular flexibility index (Phi) is 7.26. The van der Waals surface area contributed by atoms with Gasteiger partial charge < -0.3 is 20.3 Å². The van der Waals surface area contributed by atoms with Gasteiger partial charge in [0.2, 0.25) is 11.8 Å². The number of anilines is 2. The van der Waals surface area contributed by atoms with E-state index in [1.54, 1.807) is 36.1 Å². The fraction of sp³-hybridized carbons (Fsp3) is 0.524. The second-order valence-corrected chi connectivity index (χ2v) is 7.39. The Morgan fingerprint density at radius 2 is 1.93 bits per heavy atom. The van der Waals surface area contributed by atoms with Gasteiger partial charge in [-0.15, -0.1) is 0 Å². The molecule has 2 heterocycles. The van der Waals surface area contributed by atoms with Crippen molar-refractivity contribution in [1.29, 1.82) is 0 Å². The number of rotatable bonds is 6. The predicted molar refractivity (Wildman–Crippen MR) is 111 cm³/mol. The quantitative estimate of drug-likeness (QED) is 0.542. The van der Waals surface area contributed by atoms with Crippen LogP contribution in [0.4, 0.5) is 16.2 Å². The molecule has 9 heteroatoms. The summed E-state index contributed by atoms with van der Waals surface area (Å²) in [4.78, 5) is 51.7. The molecular weight excluding hydrogens is 388 g/mol. The van der Waals surface area contributed by atoms with E-state index in [0.717, 1.165) is 0 Å². The van der Waals surface area contributed by atoms with Gasteiger partial charge >= 0.3 is 12.0 Å². The molecule has 1 aromatic carbocycles. The van der Waals surface area contributed by atoms with Gasteiger partial charge in [-0.05, 0) is 38.3 Å². The van der Waals surface area contributed by atoms with E-state index in [0.29, 0.717) is 63.3 Å².